The zero-order chi connectivity index (χ0) is 8.55. The summed E-state index contributed by atoms with van der Waals surface area (Å²) in [5.74, 6) is 0. The summed E-state index contributed by atoms with van der Waals surface area (Å²) >= 11 is 0. The SMILES string of the molecule is Cc1[nH]c2c(c1C=O)CCCC2. The van der Waals surface area contributed by atoms with Crippen LogP contribution in [-0.4, -0.2) is 11.3 Å². The lowest BCUT2D eigenvalue weighted by Gasteiger charge is -2.10. The van der Waals surface area contributed by atoms with Gasteiger partial charge < -0.3 is 4.98 Å². The number of rotatable bonds is 1. The molecule has 1 N–H and O–H groups in total. The van der Waals surface area contributed by atoms with Crippen molar-refractivity contribution < 1.29 is 4.79 Å². The molecule has 0 spiro atoms. The van der Waals surface area contributed by atoms with Gasteiger partial charge in [0, 0.05) is 17.0 Å². The minimum absolute atomic E-state index is 0.907. The van der Waals surface area contributed by atoms with Crippen LogP contribution < -0.4 is 0 Å². The average molecular weight is 163 g/mol. The van der Waals surface area contributed by atoms with Gasteiger partial charge in [-0.1, -0.05) is 0 Å². The van der Waals surface area contributed by atoms with Gasteiger partial charge in [0.15, 0.2) is 6.29 Å². The third-order valence-corrected chi connectivity index (χ3v) is 2.65. The third-order valence-electron chi connectivity index (χ3n) is 2.65. The fourth-order valence-corrected chi connectivity index (χ4v) is 2.02. The number of aryl methyl sites for hydroxylation is 2. The molecule has 1 aliphatic carbocycles. The summed E-state index contributed by atoms with van der Waals surface area (Å²) in [6.45, 7) is 1.97. The number of H-pyrrole nitrogens is 1. The first-order chi connectivity index (χ1) is 5.83. The fourth-order valence-electron chi connectivity index (χ4n) is 2.02. The Bertz CT molecular complexity index is 312. The molecule has 0 atom stereocenters. The number of hydrogen-bond donors (Lipinski definition) is 1. The van der Waals surface area contributed by atoms with E-state index in [1.165, 1.54) is 24.1 Å². The normalized spacial score (nSPS) is 15.8. The summed E-state index contributed by atoms with van der Waals surface area (Å²) in [4.78, 5) is 14.0. The molecule has 0 radical (unpaired) electrons. The lowest BCUT2D eigenvalue weighted by atomic mass is 9.95. The molecule has 1 aromatic rings. The second kappa shape index (κ2) is 2.77. The summed E-state index contributed by atoms with van der Waals surface area (Å²) in [5.41, 5.74) is 4.51. The van der Waals surface area contributed by atoms with E-state index in [-0.39, 0.29) is 0 Å². The highest BCUT2D eigenvalue weighted by molar-refractivity contribution is 5.80. The molecule has 0 bridgehead atoms. The summed E-state index contributed by atoms with van der Waals surface area (Å²) < 4.78 is 0. The van der Waals surface area contributed by atoms with Gasteiger partial charge in [0.25, 0.3) is 0 Å². The summed E-state index contributed by atoms with van der Waals surface area (Å²) in [6.07, 6.45) is 5.66. The standard InChI is InChI=1S/C10H13NO/c1-7-9(6-12)8-4-2-3-5-10(8)11-7/h6,11H,2-5H2,1H3. The Kier molecular flexibility index (Phi) is 1.75. The van der Waals surface area contributed by atoms with E-state index in [1.807, 2.05) is 6.92 Å². The maximum Gasteiger partial charge on any atom is 0.152 e. The molecule has 0 amide bonds. The molecule has 0 aromatic carbocycles. The third kappa shape index (κ3) is 0.986. The van der Waals surface area contributed by atoms with Crippen molar-refractivity contribution in [2.75, 3.05) is 0 Å². The smallest absolute Gasteiger partial charge is 0.152 e. The number of fused-ring (bicyclic) bond motifs is 1. The Morgan fingerprint density at radius 1 is 1.33 bits per heavy atom. The number of nitrogens with one attached hydrogen (secondary N) is 1. The van der Waals surface area contributed by atoms with Crippen LogP contribution in [0.4, 0.5) is 0 Å². The van der Waals surface area contributed by atoms with E-state index in [2.05, 4.69) is 4.98 Å². The summed E-state index contributed by atoms with van der Waals surface area (Å²) in [6, 6.07) is 0. The van der Waals surface area contributed by atoms with Gasteiger partial charge in [-0.2, -0.15) is 0 Å². The van der Waals surface area contributed by atoms with E-state index < -0.39 is 0 Å². The quantitative estimate of drug-likeness (QED) is 0.631. The van der Waals surface area contributed by atoms with Gasteiger partial charge in [-0.15, -0.1) is 0 Å². The van der Waals surface area contributed by atoms with Gasteiger partial charge >= 0.3 is 0 Å². The van der Waals surface area contributed by atoms with Crippen LogP contribution in [0.25, 0.3) is 0 Å². The van der Waals surface area contributed by atoms with Crippen LogP contribution in [0, 0.1) is 6.92 Å². The van der Waals surface area contributed by atoms with E-state index >= 15 is 0 Å². The maximum absolute atomic E-state index is 10.7. The number of aldehydes is 1. The second-order valence-electron chi connectivity index (χ2n) is 3.45. The van der Waals surface area contributed by atoms with Crippen molar-refractivity contribution in [2.24, 2.45) is 0 Å². The Labute approximate surface area is 72.0 Å². The maximum atomic E-state index is 10.7. The lowest BCUT2D eigenvalue weighted by molar-refractivity contribution is 0.112. The predicted octanol–water partition coefficient (Wildman–Crippen LogP) is 2.01. The molecule has 0 saturated carbocycles. The second-order valence-corrected chi connectivity index (χ2v) is 3.45. The highest BCUT2D eigenvalue weighted by Crippen LogP contribution is 2.25. The number of aromatic amines is 1. The molecule has 1 heterocycles. The minimum atomic E-state index is 0.907. The van der Waals surface area contributed by atoms with E-state index in [0.29, 0.717) is 0 Å². The number of carbonyl (C=O) groups is 1. The van der Waals surface area contributed by atoms with Gasteiger partial charge in [-0.3, -0.25) is 4.79 Å². The van der Waals surface area contributed by atoms with Crippen LogP contribution >= 0.6 is 0 Å². The highest BCUT2D eigenvalue weighted by atomic mass is 16.1. The van der Waals surface area contributed by atoms with E-state index in [0.717, 1.165) is 30.4 Å². The summed E-state index contributed by atoms with van der Waals surface area (Å²) in [7, 11) is 0. The van der Waals surface area contributed by atoms with Gasteiger partial charge in [0.05, 0.1) is 0 Å². The Hall–Kier alpha value is -1.05. The van der Waals surface area contributed by atoms with Crippen molar-refractivity contribution in [3.8, 4) is 0 Å². The largest absolute Gasteiger partial charge is 0.362 e. The van der Waals surface area contributed by atoms with Crippen LogP contribution in [0.15, 0.2) is 0 Å². The predicted molar refractivity (Wildman–Crippen MR) is 47.6 cm³/mol. The molecule has 2 nitrogen and oxygen atoms in total. The fraction of sp³-hybridized carbons (Fsp3) is 0.500. The highest BCUT2D eigenvalue weighted by Gasteiger charge is 2.16. The molecule has 2 heteroatoms. The van der Waals surface area contributed by atoms with Crippen molar-refractivity contribution in [3.63, 3.8) is 0 Å². The zero-order valence-corrected chi connectivity index (χ0v) is 7.31. The molecule has 12 heavy (non-hydrogen) atoms. The van der Waals surface area contributed by atoms with Gasteiger partial charge in [0.1, 0.15) is 0 Å². The molecule has 64 valence electrons. The molecular weight excluding hydrogens is 150 g/mol. The molecule has 0 aliphatic heterocycles. The number of aromatic nitrogens is 1. The minimum Gasteiger partial charge on any atom is -0.362 e. The Balaban J connectivity index is 2.53. The van der Waals surface area contributed by atoms with E-state index in [1.54, 1.807) is 0 Å². The molecule has 0 unspecified atom stereocenters. The first-order valence-corrected chi connectivity index (χ1v) is 4.48. The number of carbonyl (C=O) groups excluding carboxylic acids is 1. The van der Waals surface area contributed by atoms with Crippen molar-refractivity contribution >= 4 is 6.29 Å². The molecular formula is C10H13NO. The topological polar surface area (TPSA) is 32.9 Å². The average Bonchev–Trinajstić information content (AvgIpc) is 2.40. The van der Waals surface area contributed by atoms with Gasteiger partial charge in [-0.25, -0.2) is 0 Å². The van der Waals surface area contributed by atoms with Gasteiger partial charge in [0.2, 0.25) is 0 Å². The molecule has 1 aromatic heterocycles. The summed E-state index contributed by atoms with van der Waals surface area (Å²) in [5, 5.41) is 0. The molecule has 0 fully saturated rings. The van der Waals surface area contributed by atoms with E-state index in [9.17, 15) is 4.79 Å². The van der Waals surface area contributed by atoms with Crippen LogP contribution in [0.2, 0.25) is 0 Å². The molecule has 1 aliphatic rings. The van der Waals surface area contributed by atoms with Crippen molar-refractivity contribution in [1.82, 2.24) is 4.98 Å². The van der Waals surface area contributed by atoms with Crippen LogP contribution in [0.5, 0.6) is 0 Å². The molecule has 0 saturated heterocycles. The Morgan fingerprint density at radius 2 is 2.08 bits per heavy atom. The molecule has 2 rings (SSSR count). The number of hydrogen-bond acceptors (Lipinski definition) is 1. The van der Waals surface area contributed by atoms with Crippen LogP contribution in [0.3, 0.4) is 0 Å². The van der Waals surface area contributed by atoms with Crippen molar-refractivity contribution in [1.29, 1.82) is 0 Å². The van der Waals surface area contributed by atoms with Crippen LogP contribution in [0.1, 0.15) is 40.2 Å². The first kappa shape index (κ1) is 7.59. The van der Waals surface area contributed by atoms with Crippen molar-refractivity contribution in [2.45, 2.75) is 32.6 Å². The first-order valence-electron chi connectivity index (χ1n) is 4.48. The van der Waals surface area contributed by atoms with Crippen LogP contribution in [-0.2, 0) is 12.8 Å². The lowest BCUT2D eigenvalue weighted by Crippen LogP contribution is -2.01. The van der Waals surface area contributed by atoms with Gasteiger partial charge in [-0.05, 0) is 38.2 Å². The monoisotopic (exact) mass is 163 g/mol. The zero-order valence-electron chi connectivity index (χ0n) is 7.31. The van der Waals surface area contributed by atoms with E-state index in [4.69, 9.17) is 0 Å². The van der Waals surface area contributed by atoms with Crippen molar-refractivity contribution in [3.05, 3.63) is 22.5 Å². The Morgan fingerprint density at radius 3 is 2.83 bits per heavy atom.